The second-order valence-electron chi connectivity index (χ2n) is 5.68. The number of piperidine rings is 1. The predicted octanol–water partition coefficient (Wildman–Crippen LogP) is 7.27. The summed E-state index contributed by atoms with van der Waals surface area (Å²) < 4.78 is 6.19. The summed E-state index contributed by atoms with van der Waals surface area (Å²) in [5, 5.41) is 0. The van der Waals surface area contributed by atoms with Crippen molar-refractivity contribution in [1.29, 1.82) is 0 Å². The molecule has 0 saturated carbocycles. The summed E-state index contributed by atoms with van der Waals surface area (Å²) >= 11 is 0. The number of rotatable bonds is 1. The van der Waals surface area contributed by atoms with Gasteiger partial charge in [-0.2, -0.15) is 0 Å². The van der Waals surface area contributed by atoms with Gasteiger partial charge in [0.05, 0.1) is 18.2 Å². The van der Waals surface area contributed by atoms with Gasteiger partial charge in [0.25, 0.3) is 0 Å². The van der Waals surface area contributed by atoms with E-state index in [1.54, 1.807) is 0 Å². The highest BCUT2D eigenvalue weighted by atomic mass is 16.5. The third-order valence-electron chi connectivity index (χ3n) is 4.28. The molecular formula is C24H45NO. The molecule has 0 radical (unpaired) electrons. The fourth-order valence-corrected chi connectivity index (χ4v) is 3.60. The predicted molar refractivity (Wildman–Crippen MR) is 119 cm³/mol. The van der Waals surface area contributed by atoms with Gasteiger partial charge < -0.3 is 4.74 Å². The van der Waals surface area contributed by atoms with Crippen LogP contribution in [0.4, 0.5) is 0 Å². The van der Waals surface area contributed by atoms with Crippen molar-refractivity contribution in [2.75, 3.05) is 20.2 Å². The zero-order valence-electron chi connectivity index (χ0n) is 19.1. The van der Waals surface area contributed by atoms with Crippen LogP contribution in [-0.2, 0) is 4.74 Å². The van der Waals surface area contributed by atoms with E-state index >= 15 is 0 Å². The van der Waals surface area contributed by atoms with Gasteiger partial charge in [-0.05, 0) is 37.6 Å². The zero-order chi connectivity index (χ0) is 20.6. The minimum atomic E-state index is -0.0363. The molecular weight excluding hydrogens is 318 g/mol. The van der Waals surface area contributed by atoms with E-state index in [0.717, 1.165) is 26.0 Å². The highest BCUT2D eigenvalue weighted by Gasteiger charge is 2.48. The van der Waals surface area contributed by atoms with Gasteiger partial charge >= 0.3 is 0 Å². The van der Waals surface area contributed by atoms with Crippen molar-refractivity contribution in [3.63, 3.8) is 0 Å². The number of benzene rings is 1. The fraction of sp³-hybridized carbons (Fsp3) is 0.667. The molecule has 2 aliphatic heterocycles. The molecule has 0 aromatic heterocycles. The van der Waals surface area contributed by atoms with E-state index < -0.39 is 0 Å². The minimum absolute atomic E-state index is 0.0363. The summed E-state index contributed by atoms with van der Waals surface area (Å²) in [6.07, 6.45) is 3.37. The van der Waals surface area contributed by atoms with Crippen molar-refractivity contribution < 1.29 is 4.74 Å². The number of hydrogen-bond acceptors (Lipinski definition) is 2. The first-order valence-corrected chi connectivity index (χ1v) is 10.8. The third kappa shape index (κ3) is 7.25. The first-order valence-electron chi connectivity index (χ1n) is 10.8. The van der Waals surface area contributed by atoms with E-state index in [1.165, 1.54) is 17.6 Å². The molecule has 2 saturated heterocycles. The largest absolute Gasteiger partial charge is 0.368 e. The van der Waals surface area contributed by atoms with Crippen molar-refractivity contribution in [1.82, 2.24) is 4.90 Å². The average molecular weight is 364 g/mol. The summed E-state index contributed by atoms with van der Waals surface area (Å²) in [6, 6.07) is 11.1. The molecule has 2 aliphatic rings. The highest BCUT2D eigenvalue weighted by molar-refractivity contribution is 5.26. The number of likely N-dealkylation sites (N-methyl/N-ethyl adjacent to an activating group) is 1. The molecule has 0 bridgehead atoms. The van der Waals surface area contributed by atoms with Crippen LogP contribution in [0.1, 0.15) is 86.3 Å². The van der Waals surface area contributed by atoms with E-state index in [4.69, 9.17) is 4.74 Å². The summed E-state index contributed by atoms with van der Waals surface area (Å²) in [6.45, 7) is 22.0. The van der Waals surface area contributed by atoms with Gasteiger partial charge in [-0.3, -0.25) is 4.90 Å². The Hall–Kier alpha value is -1.12. The van der Waals surface area contributed by atoms with Gasteiger partial charge in [0.1, 0.15) is 0 Å². The Labute approximate surface area is 164 Å². The molecule has 0 amide bonds. The van der Waals surface area contributed by atoms with Crippen LogP contribution in [0.3, 0.4) is 0 Å². The normalized spacial score (nSPS) is 23.9. The van der Waals surface area contributed by atoms with E-state index in [9.17, 15) is 0 Å². The lowest BCUT2D eigenvalue weighted by molar-refractivity contribution is -0.0901. The Balaban J connectivity index is 0. The number of ether oxygens (including phenoxy) is 1. The lowest BCUT2D eigenvalue weighted by atomic mass is 9.78. The highest BCUT2D eigenvalue weighted by Crippen LogP contribution is 2.47. The molecule has 3 rings (SSSR count). The molecule has 2 nitrogen and oxygen atoms in total. The standard InChI is InChI=1S/C16H21NO.4C2H6/c1-13-11-16(18-12-13)9-6-10-17(2)15(16)14-7-4-3-5-8-14;4*1-2/h3-5,7-8,15H,1,6,9-12H2,2H3;4*1-2H3. The maximum atomic E-state index is 6.19. The molecule has 0 aliphatic carbocycles. The summed E-state index contributed by atoms with van der Waals surface area (Å²) in [4.78, 5) is 2.44. The smallest absolute Gasteiger partial charge is 0.0920 e. The molecule has 2 heterocycles. The van der Waals surface area contributed by atoms with Crippen LogP contribution >= 0.6 is 0 Å². The van der Waals surface area contributed by atoms with E-state index in [2.05, 4.69) is 48.9 Å². The topological polar surface area (TPSA) is 12.5 Å². The van der Waals surface area contributed by atoms with E-state index in [-0.39, 0.29) is 5.60 Å². The quantitative estimate of drug-likeness (QED) is 0.486. The van der Waals surface area contributed by atoms with Gasteiger partial charge in [0.15, 0.2) is 0 Å². The Morgan fingerprint density at radius 1 is 0.962 bits per heavy atom. The Morgan fingerprint density at radius 3 is 1.96 bits per heavy atom. The molecule has 1 spiro atoms. The Bertz CT molecular complexity index is 443. The summed E-state index contributed by atoms with van der Waals surface area (Å²) in [7, 11) is 2.21. The molecule has 2 fully saturated rings. The van der Waals surface area contributed by atoms with Gasteiger partial charge in [-0.15, -0.1) is 0 Å². The van der Waals surface area contributed by atoms with Crippen LogP contribution in [0, 0.1) is 0 Å². The lowest BCUT2D eigenvalue weighted by Gasteiger charge is -2.46. The molecule has 2 unspecified atom stereocenters. The first-order chi connectivity index (χ1) is 12.7. The number of nitrogens with zero attached hydrogens (tertiary/aromatic N) is 1. The molecule has 2 atom stereocenters. The van der Waals surface area contributed by atoms with Crippen LogP contribution < -0.4 is 0 Å². The van der Waals surface area contributed by atoms with Crippen molar-refractivity contribution in [2.45, 2.75) is 86.3 Å². The maximum Gasteiger partial charge on any atom is 0.0920 e. The molecule has 152 valence electrons. The number of likely N-dealkylation sites (tertiary alicyclic amines) is 1. The van der Waals surface area contributed by atoms with Crippen molar-refractivity contribution in [2.24, 2.45) is 0 Å². The zero-order valence-corrected chi connectivity index (χ0v) is 19.1. The van der Waals surface area contributed by atoms with E-state index in [0.29, 0.717) is 6.04 Å². The molecule has 0 N–H and O–H groups in total. The van der Waals surface area contributed by atoms with Crippen molar-refractivity contribution in [3.8, 4) is 0 Å². The van der Waals surface area contributed by atoms with Crippen molar-refractivity contribution >= 4 is 0 Å². The molecule has 26 heavy (non-hydrogen) atoms. The second kappa shape index (κ2) is 16.1. The summed E-state index contributed by atoms with van der Waals surface area (Å²) in [5.41, 5.74) is 2.58. The van der Waals surface area contributed by atoms with Crippen molar-refractivity contribution in [3.05, 3.63) is 48.0 Å². The number of hydrogen-bond donors (Lipinski definition) is 0. The van der Waals surface area contributed by atoms with Crippen LogP contribution in [0.5, 0.6) is 0 Å². The minimum Gasteiger partial charge on any atom is -0.368 e. The lowest BCUT2D eigenvalue weighted by Crippen LogP contribution is -2.48. The third-order valence-corrected chi connectivity index (χ3v) is 4.28. The van der Waals surface area contributed by atoms with Gasteiger partial charge in [0, 0.05) is 6.42 Å². The Kier molecular flexibility index (Phi) is 16.8. The van der Waals surface area contributed by atoms with Gasteiger partial charge in [-0.1, -0.05) is 92.3 Å². The van der Waals surface area contributed by atoms with Crippen LogP contribution in [0.25, 0.3) is 0 Å². The van der Waals surface area contributed by atoms with Gasteiger partial charge in [0.2, 0.25) is 0 Å². The molecule has 1 aromatic carbocycles. The monoisotopic (exact) mass is 363 g/mol. The van der Waals surface area contributed by atoms with Gasteiger partial charge in [-0.25, -0.2) is 0 Å². The SMILES string of the molecule is C=C1COC2(CCCN(C)C2c2ccccc2)C1.CC.CC.CC.CC. The van der Waals surface area contributed by atoms with Crippen LogP contribution in [-0.4, -0.2) is 30.7 Å². The second-order valence-corrected chi connectivity index (χ2v) is 5.68. The van der Waals surface area contributed by atoms with Crippen LogP contribution in [0.15, 0.2) is 42.5 Å². The Morgan fingerprint density at radius 2 is 1.50 bits per heavy atom. The fourth-order valence-electron chi connectivity index (χ4n) is 3.60. The first kappa shape index (κ1) is 27.1. The molecule has 1 aromatic rings. The average Bonchev–Trinajstić information content (AvgIpc) is 3.09. The maximum absolute atomic E-state index is 6.19. The summed E-state index contributed by atoms with van der Waals surface area (Å²) in [5.74, 6) is 0. The van der Waals surface area contributed by atoms with E-state index in [1.807, 2.05) is 55.4 Å². The van der Waals surface area contributed by atoms with Crippen LogP contribution in [0.2, 0.25) is 0 Å². The molecule has 2 heteroatoms.